The highest BCUT2D eigenvalue weighted by molar-refractivity contribution is 5.77. The number of likely N-dealkylation sites (tertiary alicyclic amines) is 1. The van der Waals surface area contributed by atoms with Crippen molar-refractivity contribution >= 4 is 5.78 Å². The quantitative estimate of drug-likeness (QED) is 0.540. The molecule has 1 heterocycles. The number of carbonyl (C=O) groups excluding carboxylic acids is 1. The van der Waals surface area contributed by atoms with Crippen LogP contribution in [0.2, 0.25) is 0 Å². The third-order valence-corrected chi connectivity index (χ3v) is 4.44. The molecule has 0 radical (unpaired) electrons. The Balaban J connectivity index is 1.84. The summed E-state index contributed by atoms with van der Waals surface area (Å²) in [6.07, 6.45) is 12.0. The van der Waals surface area contributed by atoms with E-state index in [9.17, 15) is 4.79 Å². The smallest absolute Gasteiger partial charge is 0.132 e. The van der Waals surface area contributed by atoms with Crippen LogP contribution in [0.1, 0.15) is 71.1 Å². The van der Waals surface area contributed by atoms with E-state index in [4.69, 9.17) is 4.74 Å². The van der Waals surface area contributed by atoms with Crippen molar-refractivity contribution in [1.82, 2.24) is 4.90 Å². The summed E-state index contributed by atoms with van der Waals surface area (Å²) in [6, 6.07) is 0. The van der Waals surface area contributed by atoms with E-state index in [1.54, 1.807) is 0 Å². The fourth-order valence-electron chi connectivity index (χ4n) is 2.91. The molecule has 1 aliphatic rings. The summed E-state index contributed by atoms with van der Waals surface area (Å²) in [5.41, 5.74) is 0. The van der Waals surface area contributed by atoms with E-state index >= 15 is 0 Å². The lowest BCUT2D eigenvalue weighted by Gasteiger charge is -2.31. The highest BCUT2D eigenvalue weighted by atomic mass is 16.5. The van der Waals surface area contributed by atoms with Crippen molar-refractivity contribution in [2.75, 3.05) is 26.7 Å². The molecule has 1 rings (SSSR count). The molecule has 20 heavy (non-hydrogen) atoms. The maximum atomic E-state index is 11.2. The van der Waals surface area contributed by atoms with Gasteiger partial charge in [-0.15, -0.1) is 0 Å². The average Bonchev–Trinajstić information content (AvgIpc) is 2.50. The van der Waals surface area contributed by atoms with Gasteiger partial charge in [-0.25, -0.2) is 0 Å². The van der Waals surface area contributed by atoms with E-state index < -0.39 is 0 Å². The second-order valence-electron chi connectivity index (χ2n) is 6.04. The van der Waals surface area contributed by atoms with Crippen LogP contribution < -0.4 is 0 Å². The maximum absolute atomic E-state index is 11.2. The van der Waals surface area contributed by atoms with Crippen LogP contribution in [-0.2, 0) is 9.53 Å². The lowest BCUT2D eigenvalue weighted by Crippen LogP contribution is -2.37. The van der Waals surface area contributed by atoms with Crippen LogP contribution in [0.15, 0.2) is 0 Å². The zero-order valence-corrected chi connectivity index (χ0v) is 13.5. The largest absolute Gasteiger partial charge is 0.381 e. The van der Waals surface area contributed by atoms with Crippen LogP contribution in [-0.4, -0.2) is 43.5 Å². The topological polar surface area (TPSA) is 29.5 Å². The minimum atomic E-state index is 0.421. The third-order valence-electron chi connectivity index (χ3n) is 4.44. The molecule has 0 spiro atoms. The second kappa shape index (κ2) is 11.3. The summed E-state index contributed by atoms with van der Waals surface area (Å²) in [4.78, 5) is 13.7. The molecule has 0 N–H and O–H groups in total. The Kier molecular flexibility index (Phi) is 9.94. The molecule has 0 saturated carbocycles. The molecule has 0 bridgehead atoms. The number of hydrogen-bond acceptors (Lipinski definition) is 3. The van der Waals surface area contributed by atoms with Gasteiger partial charge in [0.25, 0.3) is 0 Å². The van der Waals surface area contributed by atoms with E-state index in [1.807, 2.05) is 14.0 Å². The minimum absolute atomic E-state index is 0.421. The highest BCUT2D eigenvalue weighted by Gasteiger charge is 2.17. The van der Waals surface area contributed by atoms with Gasteiger partial charge in [-0.3, -0.25) is 4.79 Å². The van der Waals surface area contributed by atoms with Crippen LogP contribution >= 0.6 is 0 Å². The molecule has 0 amide bonds. The fourth-order valence-corrected chi connectivity index (χ4v) is 2.91. The lowest BCUT2D eigenvalue weighted by atomic mass is 10.1. The van der Waals surface area contributed by atoms with Crippen LogP contribution in [0.4, 0.5) is 0 Å². The first-order chi connectivity index (χ1) is 9.76. The normalized spacial score (nSPS) is 17.5. The van der Waals surface area contributed by atoms with Crippen LogP contribution in [0, 0.1) is 0 Å². The fraction of sp³-hybridized carbons (Fsp3) is 0.941. The van der Waals surface area contributed by atoms with Gasteiger partial charge < -0.3 is 9.64 Å². The number of rotatable bonds is 11. The number of carbonyl (C=O) groups is 1. The molecule has 3 nitrogen and oxygen atoms in total. The van der Waals surface area contributed by atoms with Gasteiger partial charge >= 0.3 is 0 Å². The molecule has 0 aromatic rings. The molecule has 3 heteroatoms. The average molecular weight is 283 g/mol. The molecule has 1 aliphatic heterocycles. The van der Waals surface area contributed by atoms with Crippen molar-refractivity contribution in [3.63, 3.8) is 0 Å². The summed E-state index contributed by atoms with van der Waals surface area (Å²) in [5, 5.41) is 0. The monoisotopic (exact) mass is 283 g/mol. The van der Waals surface area contributed by atoms with Crippen LogP contribution in [0.5, 0.6) is 0 Å². The molecule has 118 valence electrons. The number of unbranched alkanes of at least 4 members (excludes halogenated alkanes) is 5. The molecular formula is C17H33NO2. The molecule has 0 atom stereocenters. The van der Waals surface area contributed by atoms with E-state index in [-0.39, 0.29) is 0 Å². The first kappa shape index (κ1) is 17.6. The van der Waals surface area contributed by atoms with Crippen molar-refractivity contribution < 1.29 is 9.53 Å². The van der Waals surface area contributed by atoms with Crippen molar-refractivity contribution in [2.45, 2.75) is 77.2 Å². The number of piperidine rings is 1. The lowest BCUT2D eigenvalue weighted by molar-refractivity contribution is -0.118. The number of nitrogens with zero attached hydrogens (tertiary/aromatic N) is 1. The van der Waals surface area contributed by atoms with Gasteiger partial charge in [-0.05, 0) is 32.2 Å². The van der Waals surface area contributed by atoms with E-state index in [0.717, 1.165) is 12.8 Å². The molecule has 0 aromatic carbocycles. The van der Waals surface area contributed by atoms with Gasteiger partial charge in [-0.2, -0.15) is 0 Å². The summed E-state index contributed by atoms with van der Waals surface area (Å²) in [6.45, 7) is 5.62. The first-order valence-corrected chi connectivity index (χ1v) is 8.53. The number of methoxy groups -OCH3 is 1. The molecule has 0 aliphatic carbocycles. The predicted octanol–water partition coefficient (Wildman–Crippen LogP) is 3.81. The summed E-state index contributed by atoms with van der Waals surface area (Å²) in [7, 11) is 1.83. The number of Topliss-reactive ketones (excluding diaryl/α,β-unsaturated/α-hetero) is 1. The Labute approximate surface area is 125 Å². The molecule has 0 aromatic heterocycles. The Bertz CT molecular complexity index is 247. The van der Waals surface area contributed by atoms with Gasteiger partial charge in [-0.1, -0.05) is 32.6 Å². The van der Waals surface area contributed by atoms with Gasteiger partial charge in [0.15, 0.2) is 0 Å². The van der Waals surface area contributed by atoms with Crippen molar-refractivity contribution in [1.29, 1.82) is 0 Å². The van der Waals surface area contributed by atoms with E-state index in [2.05, 4.69) is 4.90 Å². The summed E-state index contributed by atoms with van der Waals surface area (Å²) >= 11 is 0. The van der Waals surface area contributed by atoms with E-state index in [1.165, 1.54) is 64.6 Å². The predicted molar refractivity (Wildman–Crippen MR) is 84.1 cm³/mol. The van der Waals surface area contributed by atoms with E-state index in [0.29, 0.717) is 18.3 Å². The summed E-state index contributed by atoms with van der Waals surface area (Å²) in [5.74, 6) is 0.421. The highest BCUT2D eigenvalue weighted by Crippen LogP contribution is 2.14. The van der Waals surface area contributed by atoms with Crippen molar-refractivity contribution in [3.05, 3.63) is 0 Å². The molecule has 1 saturated heterocycles. The first-order valence-electron chi connectivity index (χ1n) is 8.53. The number of hydrogen-bond donors (Lipinski definition) is 0. The maximum Gasteiger partial charge on any atom is 0.132 e. The van der Waals surface area contributed by atoms with Gasteiger partial charge in [0.2, 0.25) is 0 Å². The molecular weight excluding hydrogens is 250 g/mol. The van der Waals surface area contributed by atoms with Crippen LogP contribution in [0.25, 0.3) is 0 Å². The minimum Gasteiger partial charge on any atom is -0.381 e. The Morgan fingerprint density at radius 2 is 1.65 bits per heavy atom. The number of ketones is 1. The Hall–Kier alpha value is -0.410. The van der Waals surface area contributed by atoms with Gasteiger partial charge in [0.1, 0.15) is 5.78 Å². The van der Waals surface area contributed by atoms with Gasteiger partial charge in [0, 0.05) is 33.0 Å². The SMILES string of the molecule is CCC(=O)CCCCCCCCN1CCC(OC)CC1. The second-order valence-corrected chi connectivity index (χ2v) is 6.04. The van der Waals surface area contributed by atoms with Crippen molar-refractivity contribution in [3.8, 4) is 0 Å². The standard InChI is InChI=1S/C17H33NO2/c1-3-16(19)10-8-6-4-5-7-9-13-18-14-11-17(20-2)12-15-18/h17H,3-15H2,1-2H3. The zero-order valence-electron chi connectivity index (χ0n) is 13.5. The van der Waals surface area contributed by atoms with Gasteiger partial charge in [0.05, 0.1) is 6.10 Å². The third kappa shape index (κ3) is 8.01. The molecule has 1 fully saturated rings. The van der Waals surface area contributed by atoms with Crippen molar-refractivity contribution in [2.24, 2.45) is 0 Å². The Morgan fingerprint density at radius 1 is 1.05 bits per heavy atom. The Morgan fingerprint density at radius 3 is 2.25 bits per heavy atom. The summed E-state index contributed by atoms with van der Waals surface area (Å²) < 4.78 is 5.39. The molecule has 0 unspecified atom stereocenters. The zero-order chi connectivity index (χ0) is 14.6. The van der Waals surface area contributed by atoms with Crippen LogP contribution in [0.3, 0.4) is 0 Å². The number of ether oxygens (including phenoxy) is 1.